The first-order valence-electron chi connectivity index (χ1n) is 5.31. The molecular weight excluding hydrogens is 268 g/mol. The van der Waals surface area contributed by atoms with E-state index in [1.165, 1.54) is 0 Å². The first kappa shape index (κ1) is 12.7. The first-order chi connectivity index (χ1) is 8.75. The molecular formula is C12H11ClN4S. The molecule has 0 saturated carbocycles. The van der Waals surface area contributed by atoms with E-state index in [0.29, 0.717) is 22.6 Å². The summed E-state index contributed by atoms with van der Waals surface area (Å²) in [6, 6.07) is 9.34. The molecule has 92 valence electrons. The van der Waals surface area contributed by atoms with Crippen molar-refractivity contribution in [3.05, 3.63) is 53.3 Å². The highest BCUT2D eigenvalue weighted by Gasteiger charge is 2.01. The number of aromatic nitrogens is 2. The van der Waals surface area contributed by atoms with Gasteiger partial charge in [0, 0.05) is 24.0 Å². The maximum absolute atomic E-state index is 6.04. The van der Waals surface area contributed by atoms with Crippen molar-refractivity contribution in [1.82, 2.24) is 15.3 Å². The molecule has 0 aliphatic carbocycles. The molecule has 2 N–H and O–H groups in total. The van der Waals surface area contributed by atoms with Gasteiger partial charge in [-0.1, -0.05) is 29.8 Å². The smallest absolute Gasteiger partial charge is 0.228 e. The molecule has 0 fully saturated rings. The van der Waals surface area contributed by atoms with E-state index in [2.05, 4.69) is 20.6 Å². The molecule has 1 heterocycles. The van der Waals surface area contributed by atoms with Crippen LogP contribution < -0.4 is 10.6 Å². The highest BCUT2D eigenvalue weighted by Crippen LogP contribution is 2.14. The number of anilines is 1. The van der Waals surface area contributed by atoms with E-state index in [1.807, 2.05) is 24.3 Å². The summed E-state index contributed by atoms with van der Waals surface area (Å²) in [6.07, 6.45) is 3.29. The van der Waals surface area contributed by atoms with E-state index in [1.54, 1.807) is 18.5 Å². The molecule has 0 aliphatic rings. The minimum Gasteiger partial charge on any atom is -0.358 e. The SMILES string of the molecule is S=C(NCc1ccccc1Cl)Nc1ncccn1. The predicted octanol–water partition coefficient (Wildman–Crippen LogP) is 2.62. The monoisotopic (exact) mass is 278 g/mol. The Kier molecular flexibility index (Phi) is 4.44. The van der Waals surface area contributed by atoms with Gasteiger partial charge in [-0.05, 0) is 29.9 Å². The molecule has 2 aromatic rings. The normalized spacial score (nSPS) is 9.83. The molecule has 6 heteroatoms. The van der Waals surface area contributed by atoms with Crippen LogP contribution in [-0.2, 0) is 6.54 Å². The minimum absolute atomic E-state index is 0.459. The zero-order valence-corrected chi connectivity index (χ0v) is 11.0. The van der Waals surface area contributed by atoms with Crippen molar-refractivity contribution in [1.29, 1.82) is 0 Å². The standard InChI is InChI=1S/C12H11ClN4S/c13-10-5-2-1-4-9(10)8-16-12(18)17-11-14-6-3-7-15-11/h1-7H,8H2,(H2,14,15,16,17,18). The molecule has 0 radical (unpaired) electrons. The number of nitrogens with one attached hydrogen (secondary N) is 2. The second-order valence-corrected chi connectivity index (χ2v) is 4.29. The van der Waals surface area contributed by atoms with Crippen LogP contribution >= 0.6 is 23.8 Å². The lowest BCUT2D eigenvalue weighted by atomic mass is 10.2. The zero-order valence-electron chi connectivity index (χ0n) is 9.43. The molecule has 0 atom stereocenters. The Labute approximate surface area is 115 Å². The van der Waals surface area contributed by atoms with E-state index in [-0.39, 0.29) is 0 Å². The van der Waals surface area contributed by atoms with Crippen molar-refractivity contribution >= 4 is 34.9 Å². The second kappa shape index (κ2) is 6.28. The van der Waals surface area contributed by atoms with Crippen LogP contribution in [0, 0.1) is 0 Å². The number of hydrogen-bond acceptors (Lipinski definition) is 3. The maximum atomic E-state index is 6.04. The fourth-order valence-electron chi connectivity index (χ4n) is 1.33. The van der Waals surface area contributed by atoms with E-state index in [9.17, 15) is 0 Å². The maximum Gasteiger partial charge on any atom is 0.228 e. The van der Waals surface area contributed by atoms with Gasteiger partial charge >= 0.3 is 0 Å². The molecule has 0 bridgehead atoms. The molecule has 0 aliphatic heterocycles. The molecule has 2 rings (SSSR count). The van der Waals surface area contributed by atoms with Gasteiger partial charge in [0.15, 0.2) is 5.11 Å². The Hall–Kier alpha value is -1.72. The van der Waals surface area contributed by atoms with Crippen molar-refractivity contribution in [3.8, 4) is 0 Å². The Morgan fingerprint density at radius 3 is 2.61 bits per heavy atom. The minimum atomic E-state index is 0.459. The van der Waals surface area contributed by atoms with Crippen LogP contribution in [0.2, 0.25) is 5.02 Å². The summed E-state index contributed by atoms with van der Waals surface area (Å²) in [5, 5.41) is 7.10. The van der Waals surface area contributed by atoms with Gasteiger partial charge in [-0.3, -0.25) is 0 Å². The zero-order chi connectivity index (χ0) is 12.8. The lowest BCUT2D eigenvalue weighted by Crippen LogP contribution is -2.28. The van der Waals surface area contributed by atoms with Crippen LogP contribution in [0.1, 0.15) is 5.56 Å². The number of hydrogen-bond donors (Lipinski definition) is 2. The fraction of sp³-hybridized carbons (Fsp3) is 0.0833. The predicted molar refractivity (Wildman–Crippen MR) is 76.5 cm³/mol. The van der Waals surface area contributed by atoms with Gasteiger partial charge in [0.05, 0.1) is 0 Å². The molecule has 1 aromatic carbocycles. The fourth-order valence-corrected chi connectivity index (χ4v) is 1.69. The largest absolute Gasteiger partial charge is 0.358 e. The van der Waals surface area contributed by atoms with E-state index >= 15 is 0 Å². The lowest BCUT2D eigenvalue weighted by Gasteiger charge is -2.09. The van der Waals surface area contributed by atoms with E-state index in [0.717, 1.165) is 5.56 Å². The Morgan fingerprint density at radius 2 is 1.89 bits per heavy atom. The van der Waals surface area contributed by atoms with Gasteiger partial charge in [0.2, 0.25) is 5.95 Å². The van der Waals surface area contributed by atoms with Crippen LogP contribution in [0.25, 0.3) is 0 Å². The van der Waals surface area contributed by atoms with Gasteiger partial charge in [0.25, 0.3) is 0 Å². The molecule has 0 unspecified atom stereocenters. The molecule has 0 amide bonds. The van der Waals surface area contributed by atoms with E-state index in [4.69, 9.17) is 23.8 Å². The number of thiocarbonyl (C=S) groups is 1. The van der Waals surface area contributed by atoms with Crippen molar-refractivity contribution in [3.63, 3.8) is 0 Å². The first-order valence-corrected chi connectivity index (χ1v) is 6.09. The van der Waals surface area contributed by atoms with E-state index < -0.39 is 0 Å². The van der Waals surface area contributed by atoms with Crippen molar-refractivity contribution in [2.75, 3.05) is 5.32 Å². The summed E-state index contributed by atoms with van der Waals surface area (Å²) in [6.45, 7) is 0.554. The summed E-state index contributed by atoms with van der Waals surface area (Å²) < 4.78 is 0. The summed E-state index contributed by atoms with van der Waals surface area (Å²) in [7, 11) is 0. The van der Waals surface area contributed by atoms with Gasteiger partial charge in [-0.25, -0.2) is 9.97 Å². The summed E-state index contributed by atoms with van der Waals surface area (Å²) in [4.78, 5) is 8.03. The number of benzene rings is 1. The third-order valence-electron chi connectivity index (χ3n) is 2.19. The van der Waals surface area contributed by atoms with Gasteiger partial charge < -0.3 is 10.6 Å². The molecule has 18 heavy (non-hydrogen) atoms. The van der Waals surface area contributed by atoms with Crippen LogP contribution in [0.5, 0.6) is 0 Å². The molecule has 0 saturated heterocycles. The summed E-state index contributed by atoms with van der Waals surface area (Å²) in [5.74, 6) is 0.467. The topological polar surface area (TPSA) is 49.8 Å². The average molecular weight is 279 g/mol. The average Bonchev–Trinajstić information content (AvgIpc) is 2.39. The lowest BCUT2D eigenvalue weighted by molar-refractivity contribution is 0.923. The molecule has 0 spiro atoms. The van der Waals surface area contributed by atoms with Crippen LogP contribution in [0.3, 0.4) is 0 Å². The summed E-state index contributed by atoms with van der Waals surface area (Å²) in [5.41, 5.74) is 0.984. The Balaban J connectivity index is 1.88. The molecule has 4 nitrogen and oxygen atoms in total. The van der Waals surface area contributed by atoms with Gasteiger partial charge in [0.1, 0.15) is 0 Å². The van der Waals surface area contributed by atoms with Gasteiger partial charge in [-0.2, -0.15) is 0 Å². The van der Waals surface area contributed by atoms with Crippen LogP contribution in [0.4, 0.5) is 5.95 Å². The summed E-state index contributed by atoms with van der Waals surface area (Å²) >= 11 is 11.2. The highest BCUT2D eigenvalue weighted by molar-refractivity contribution is 7.80. The highest BCUT2D eigenvalue weighted by atomic mass is 35.5. The number of rotatable bonds is 3. The second-order valence-electron chi connectivity index (χ2n) is 3.47. The van der Waals surface area contributed by atoms with Crippen molar-refractivity contribution < 1.29 is 0 Å². The number of nitrogens with zero attached hydrogens (tertiary/aromatic N) is 2. The third-order valence-corrected chi connectivity index (χ3v) is 2.80. The van der Waals surface area contributed by atoms with Gasteiger partial charge in [-0.15, -0.1) is 0 Å². The van der Waals surface area contributed by atoms with Crippen molar-refractivity contribution in [2.24, 2.45) is 0 Å². The van der Waals surface area contributed by atoms with Crippen LogP contribution in [-0.4, -0.2) is 15.1 Å². The third kappa shape index (κ3) is 3.65. The Bertz CT molecular complexity index is 533. The van der Waals surface area contributed by atoms with Crippen molar-refractivity contribution in [2.45, 2.75) is 6.54 Å². The Morgan fingerprint density at radius 1 is 1.17 bits per heavy atom. The molecule has 1 aromatic heterocycles. The number of halogens is 1. The quantitative estimate of drug-likeness (QED) is 0.846. The van der Waals surface area contributed by atoms with Crippen LogP contribution in [0.15, 0.2) is 42.7 Å².